The molecule has 10 heteroatoms. The van der Waals surface area contributed by atoms with Crippen molar-refractivity contribution < 1.29 is 9.53 Å². The lowest BCUT2D eigenvalue weighted by Crippen LogP contribution is -2.53. The minimum absolute atomic E-state index is 0.308. The summed E-state index contributed by atoms with van der Waals surface area (Å²) in [4.78, 5) is 24.7. The summed E-state index contributed by atoms with van der Waals surface area (Å²) in [5, 5.41) is 12.0. The highest BCUT2D eigenvalue weighted by molar-refractivity contribution is 5.72. The van der Waals surface area contributed by atoms with E-state index in [1.807, 2.05) is 29.2 Å². The van der Waals surface area contributed by atoms with Gasteiger partial charge in [0.25, 0.3) is 0 Å². The Morgan fingerprint density at radius 1 is 1.19 bits per heavy atom. The van der Waals surface area contributed by atoms with Crippen molar-refractivity contribution >= 4 is 23.5 Å². The minimum Gasteiger partial charge on any atom is -0.497 e. The van der Waals surface area contributed by atoms with Crippen molar-refractivity contribution in [3.63, 3.8) is 0 Å². The third kappa shape index (κ3) is 3.97. The first-order valence-electron chi connectivity index (χ1n) is 11.0. The summed E-state index contributed by atoms with van der Waals surface area (Å²) in [6.45, 7) is 2.56. The molecule has 2 aromatic heterocycles. The molecule has 0 radical (unpaired) electrons. The van der Waals surface area contributed by atoms with Crippen LogP contribution < -0.4 is 10.1 Å². The Balaban J connectivity index is 1.30. The van der Waals surface area contributed by atoms with Gasteiger partial charge in [-0.25, -0.2) is 4.98 Å². The lowest BCUT2D eigenvalue weighted by molar-refractivity contribution is -0.121. The van der Waals surface area contributed by atoms with Gasteiger partial charge in [0.15, 0.2) is 11.2 Å². The van der Waals surface area contributed by atoms with Gasteiger partial charge < -0.3 is 15.0 Å². The fraction of sp³-hybridized carbons (Fsp3) is 0.500. The molecule has 1 saturated heterocycles. The average molecular weight is 437 g/mol. The molecule has 32 heavy (non-hydrogen) atoms. The molecule has 1 unspecified atom stereocenters. The molecule has 3 atom stereocenters. The first kappa shape index (κ1) is 20.6. The number of benzene rings is 1. The third-order valence-electron chi connectivity index (χ3n) is 6.74. The van der Waals surface area contributed by atoms with E-state index < -0.39 is 0 Å². The van der Waals surface area contributed by atoms with E-state index in [0.717, 1.165) is 56.7 Å². The monoisotopic (exact) mass is 436 g/mol. The van der Waals surface area contributed by atoms with Crippen molar-refractivity contribution in [2.24, 2.45) is 5.92 Å². The van der Waals surface area contributed by atoms with Gasteiger partial charge in [-0.05, 0) is 56.5 Å². The molecule has 1 saturated carbocycles. The number of hydrogen-bond acceptors (Lipinski definition) is 8. The van der Waals surface area contributed by atoms with Crippen molar-refractivity contribution in [1.29, 1.82) is 0 Å². The van der Waals surface area contributed by atoms with E-state index in [1.54, 1.807) is 18.0 Å². The number of likely N-dealkylation sites (N-methyl/N-ethyl adjacent to an activating group) is 1. The van der Waals surface area contributed by atoms with Crippen molar-refractivity contribution in [3.8, 4) is 11.4 Å². The van der Waals surface area contributed by atoms with Crippen LogP contribution in [0.1, 0.15) is 19.3 Å². The number of carbonyl (C=O) groups excluding carboxylic acids is 1. The van der Waals surface area contributed by atoms with E-state index in [1.165, 1.54) is 0 Å². The van der Waals surface area contributed by atoms with Gasteiger partial charge in [0, 0.05) is 31.7 Å². The van der Waals surface area contributed by atoms with Gasteiger partial charge in [0.2, 0.25) is 12.4 Å². The summed E-state index contributed by atoms with van der Waals surface area (Å²) in [6, 6.07) is 8.33. The summed E-state index contributed by atoms with van der Waals surface area (Å²) in [5.41, 5.74) is 2.17. The van der Waals surface area contributed by atoms with E-state index >= 15 is 0 Å². The molecular formula is C22H28N8O2. The summed E-state index contributed by atoms with van der Waals surface area (Å²) in [7, 11) is 3.81. The largest absolute Gasteiger partial charge is 0.497 e. The van der Waals surface area contributed by atoms with Crippen LogP contribution >= 0.6 is 0 Å². The van der Waals surface area contributed by atoms with E-state index in [-0.39, 0.29) is 0 Å². The van der Waals surface area contributed by atoms with Crippen molar-refractivity contribution in [2.75, 3.05) is 39.1 Å². The van der Waals surface area contributed by atoms with Crippen molar-refractivity contribution in [2.45, 2.75) is 31.3 Å². The van der Waals surface area contributed by atoms with Crippen LogP contribution in [0.4, 0.5) is 5.95 Å². The molecule has 3 aromatic rings. The zero-order valence-electron chi connectivity index (χ0n) is 18.4. The Hall–Kier alpha value is -3.27. The highest BCUT2D eigenvalue weighted by atomic mass is 16.5. The van der Waals surface area contributed by atoms with Crippen LogP contribution in [0.2, 0.25) is 0 Å². The number of aromatic nitrogens is 5. The fourth-order valence-corrected chi connectivity index (χ4v) is 4.90. The highest BCUT2D eigenvalue weighted by Crippen LogP contribution is 2.33. The van der Waals surface area contributed by atoms with E-state index in [9.17, 15) is 4.79 Å². The van der Waals surface area contributed by atoms with Gasteiger partial charge in [-0.15, -0.1) is 5.10 Å². The van der Waals surface area contributed by atoms with Crippen LogP contribution in [-0.4, -0.2) is 87.0 Å². The zero-order chi connectivity index (χ0) is 22.1. The van der Waals surface area contributed by atoms with Crippen LogP contribution in [-0.2, 0) is 4.79 Å². The lowest BCUT2D eigenvalue weighted by Gasteiger charge is -2.41. The van der Waals surface area contributed by atoms with Gasteiger partial charge in [-0.1, -0.05) is 5.21 Å². The van der Waals surface area contributed by atoms with Gasteiger partial charge in [-0.3, -0.25) is 9.69 Å². The van der Waals surface area contributed by atoms with Crippen molar-refractivity contribution in [1.82, 2.24) is 34.8 Å². The number of piperazine rings is 1. The second kappa shape index (κ2) is 8.70. The quantitative estimate of drug-likeness (QED) is 0.581. The number of fused-ring (bicyclic) bond motifs is 1. The first-order valence-corrected chi connectivity index (χ1v) is 11.0. The lowest BCUT2D eigenvalue weighted by atomic mass is 9.94. The molecule has 2 aliphatic rings. The van der Waals surface area contributed by atoms with E-state index in [0.29, 0.717) is 35.1 Å². The molecule has 168 valence electrons. The molecule has 0 bridgehead atoms. The number of anilines is 1. The van der Waals surface area contributed by atoms with Gasteiger partial charge in [0.05, 0.1) is 19.0 Å². The number of hydrogen-bond donors (Lipinski definition) is 1. The van der Waals surface area contributed by atoms with E-state index in [4.69, 9.17) is 9.72 Å². The molecule has 2 fully saturated rings. The maximum Gasteiger partial charge on any atom is 0.225 e. The maximum absolute atomic E-state index is 11.2. The summed E-state index contributed by atoms with van der Waals surface area (Å²) in [5.74, 6) is 1.92. The summed E-state index contributed by atoms with van der Waals surface area (Å²) >= 11 is 0. The molecule has 1 aliphatic heterocycles. The molecule has 1 amide bonds. The number of methoxy groups -OCH3 is 1. The highest BCUT2D eigenvalue weighted by Gasteiger charge is 2.36. The van der Waals surface area contributed by atoms with Crippen LogP contribution in [0.5, 0.6) is 5.75 Å². The Morgan fingerprint density at radius 3 is 2.81 bits per heavy atom. The molecule has 3 heterocycles. The summed E-state index contributed by atoms with van der Waals surface area (Å²) < 4.78 is 6.95. The Bertz CT molecular complexity index is 1090. The molecule has 1 N–H and O–H groups in total. The first-order chi connectivity index (χ1) is 15.6. The number of rotatable bonds is 6. The minimum atomic E-state index is 0.308. The smallest absolute Gasteiger partial charge is 0.225 e. The summed E-state index contributed by atoms with van der Waals surface area (Å²) in [6.07, 6.45) is 5.92. The van der Waals surface area contributed by atoms with Crippen LogP contribution in [0.15, 0.2) is 30.5 Å². The Labute approximate surface area is 186 Å². The predicted octanol–water partition coefficient (Wildman–Crippen LogP) is 1.57. The van der Waals surface area contributed by atoms with Crippen molar-refractivity contribution in [3.05, 3.63) is 30.5 Å². The zero-order valence-corrected chi connectivity index (χ0v) is 18.4. The van der Waals surface area contributed by atoms with E-state index in [2.05, 4.69) is 32.6 Å². The second-order valence-corrected chi connectivity index (χ2v) is 8.66. The number of carbonyl (C=O) groups is 1. The fourth-order valence-electron chi connectivity index (χ4n) is 4.90. The number of amides is 1. The normalized spacial score (nSPS) is 24.1. The van der Waals surface area contributed by atoms with Gasteiger partial charge in [-0.2, -0.15) is 9.67 Å². The SMILES string of the molecule is COc1ccc(-n2nnc3cnc(N[C@@H]4CC[C@H](C5CN(C=O)CCN5C)C4)nc32)cc1. The third-order valence-corrected chi connectivity index (χ3v) is 6.74. The molecule has 10 nitrogen and oxygen atoms in total. The average Bonchev–Trinajstić information content (AvgIpc) is 3.46. The molecule has 5 rings (SSSR count). The Kier molecular flexibility index (Phi) is 5.60. The second-order valence-electron chi connectivity index (χ2n) is 8.66. The van der Waals surface area contributed by atoms with Crippen LogP contribution in [0, 0.1) is 5.92 Å². The van der Waals surface area contributed by atoms with Gasteiger partial charge in [0.1, 0.15) is 5.75 Å². The van der Waals surface area contributed by atoms with Crippen LogP contribution in [0.3, 0.4) is 0 Å². The number of nitrogens with one attached hydrogen (secondary N) is 1. The van der Waals surface area contributed by atoms with Gasteiger partial charge >= 0.3 is 0 Å². The molecule has 0 spiro atoms. The topological polar surface area (TPSA) is 101 Å². The standard InChI is InChI=1S/C22H28N8O2/c1-28-9-10-29(14-31)13-20(28)15-3-4-16(11-15)24-22-23-12-19-21(25-22)30(27-26-19)17-5-7-18(32-2)8-6-17/h5-8,12,14-16,20H,3-4,9-11,13H2,1-2H3,(H,23,24,25)/t15-,16+,20?/m0/s1. The maximum atomic E-state index is 11.2. The molecule has 1 aliphatic carbocycles. The predicted molar refractivity (Wildman–Crippen MR) is 120 cm³/mol. The van der Waals surface area contributed by atoms with Crippen LogP contribution in [0.25, 0.3) is 16.9 Å². The number of ether oxygens (including phenoxy) is 1. The molecule has 1 aromatic carbocycles. The number of nitrogens with zero attached hydrogens (tertiary/aromatic N) is 7. The molecular weight excluding hydrogens is 408 g/mol. The Morgan fingerprint density at radius 2 is 2.03 bits per heavy atom.